The number of fused-ring (bicyclic) bond motifs is 5. The highest BCUT2D eigenvalue weighted by molar-refractivity contribution is 6.08. The molecule has 8 heteroatoms. The third-order valence-corrected chi connectivity index (χ3v) is 8.12. The van der Waals surface area contributed by atoms with Crippen LogP contribution in [-0.2, 0) is 29.5 Å². The molecule has 0 fully saturated rings. The van der Waals surface area contributed by atoms with Crippen LogP contribution in [0.1, 0.15) is 33.4 Å². The van der Waals surface area contributed by atoms with E-state index < -0.39 is 17.2 Å². The molecular formula is C32H23F3NO4+. The lowest BCUT2D eigenvalue weighted by atomic mass is 9.77. The van der Waals surface area contributed by atoms with Crippen molar-refractivity contribution in [3.63, 3.8) is 0 Å². The van der Waals surface area contributed by atoms with Crippen molar-refractivity contribution in [2.45, 2.75) is 24.7 Å². The monoisotopic (exact) mass is 542 g/mol. The summed E-state index contributed by atoms with van der Waals surface area (Å²) >= 11 is 0. The van der Waals surface area contributed by atoms with E-state index in [1.165, 1.54) is 12.1 Å². The molecule has 7 rings (SSSR count). The van der Waals surface area contributed by atoms with Gasteiger partial charge in [0, 0.05) is 28.3 Å². The highest BCUT2D eigenvalue weighted by atomic mass is 19.4. The minimum absolute atomic E-state index is 0.0128. The van der Waals surface area contributed by atoms with Crippen molar-refractivity contribution >= 4 is 11.6 Å². The zero-order valence-corrected chi connectivity index (χ0v) is 21.2. The number of benzene rings is 4. The lowest BCUT2D eigenvalue weighted by Gasteiger charge is -2.34. The molecule has 0 aliphatic carbocycles. The van der Waals surface area contributed by atoms with E-state index in [9.17, 15) is 13.2 Å². The summed E-state index contributed by atoms with van der Waals surface area (Å²) < 4.78 is 59.4. The molecule has 2 atom stereocenters. The Kier molecular flexibility index (Phi) is 5.31. The number of nitrogens with zero attached hydrogens (tertiary/aromatic N) is 1. The van der Waals surface area contributed by atoms with Crippen LogP contribution in [0.15, 0.2) is 84.9 Å². The fourth-order valence-corrected chi connectivity index (χ4v) is 6.44. The van der Waals surface area contributed by atoms with Crippen LogP contribution in [0.2, 0.25) is 0 Å². The van der Waals surface area contributed by atoms with Gasteiger partial charge in [0.15, 0.2) is 16.9 Å². The van der Waals surface area contributed by atoms with Crippen molar-refractivity contribution in [2.75, 3.05) is 13.4 Å². The van der Waals surface area contributed by atoms with Crippen molar-refractivity contribution in [1.82, 2.24) is 4.48 Å². The van der Waals surface area contributed by atoms with E-state index in [1.54, 1.807) is 36.4 Å². The highest BCUT2D eigenvalue weighted by Gasteiger charge is 2.67. The summed E-state index contributed by atoms with van der Waals surface area (Å²) in [6, 6.07) is 23.4. The lowest BCUT2D eigenvalue weighted by Crippen LogP contribution is -2.56. The smallest absolute Gasteiger partial charge is 0.416 e. The fraction of sp³-hybridized carbons (Fsp3) is 0.188. The van der Waals surface area contributed by atoms with E-state index in [0.29, 0.717) is 39.6 Å². The summed E-state index contributed by atoms with van der Waals surface area (Å²) in [5, 5.41) is 0. The molecule has 4 aromatic carbocycles. The molecule has 0 saturated heterocycles. The maximum atomic E-state index is 15.1. The molecule has 2 unspecified atom stereocenters. The van der Waals surface area contributed by atoms with Crippen LogP contribution < -0.4 is 18.7 Å². The van der Waals surface area contributed by atoms with Gasteiger partial charge in [-0.1, -0.05) is 54.6 Å². The highest BCUT2D eigenvalue weighted by Crippen LogP contribution is 2.58. The molecule has 40 heavy (non-hydrogen) atoms. The van der Waals surface area contributed by atoms with Gasteiger partial charge in [0.1, 0.15) is 31.1 Å². The van der Waals surface area contributed by atoms with Crippen LogP contribution in [0.4, 0.5) is 18.9 Å². The number of carbonyl (C=O) groups is 1. The van der Waals surface area contributed by atoms with Gasteiger partial charge in [0.05, 0.1) is 5.56 Å². The number of alkyl halides is 3. The maximum absolute atomic E-state index is 15.1. The first-order valence-corrected chi connectivity index (χ1v) is 12.8. The Morgan fingerprint density at radius 3 is 2.35 bits per heavy atom. The van der Waals surface area contributed by atoms with Crippen molar-refractivity contribution in [1.29, 1.82) is 0 Å². The molecule has 1 spiro atoms. The number of amides is 1. The number of para-hydroxylation sites is 1. The number of halogens is 3. The predicted octanol–water partition coefficient (Wildman–Crippen LogP) is 6.42. The second kappa shape index (κ2) is 8.60. The molecule has 0 N–H and O–H groups in total. The minimum atomic E-state index is -4.58. The van der Waals surface area contributed by atoms with Gasteiger partial charge in [-0.2, -0.15) is 13.2 Å². The molecule has 200 valence electrons. The lowest BCUT2D eigenvalue weighted by molar-refractivity contribution is -0.140. The first-order chi connectivity index (χ1) is 19.2. The van der Waals surface area contributed by atoms with Gasteiger partial charge in [-0.3, -0.25) is 0 Å². The number of hydrogen-bond acceptors (Lipinski definition) is 4. The average molecular weight is 543 g/mol. The predicted molar refractivity (Wildman–Crippen MR) is 141 cm³/mol. The Morgan fingerprint density at radius 2 is 1.55 bits per heavy atom. The third kappa shape index (κ3) is 3.48. The Hall–Kier alpha value is -4.30. The maximum Gasteiger partial charge on any atom is 0.416 e. The fourth-order valence-electron chi connectivity index (χ4n) is 6.44. The van der Waals surface area contributed by atoms with Crippen LogP contribution in [-0.4, -0.2) is 19.3 Å². The summed E-state index contributed by atoms with van der Waals surface area (Å²) in [6.45, 7) is 6.05. The third-order valence-electron chi connectivity index (χ3n) is 8.12. The molecule has 0 bridgehead atoms. The molecule has 0 aromatic heterocycles. The topological polar surface area (TPSA) is 44.8 Å². The molecule has 3 aliphatic rings. The molecule has 2 radical (unpaired) electrons. The van der Waals surface area contributed by atoms with Gasteiger partial charge in [-0.05, 0) is 36.8 Å². The molecule has 3 heterocycles. The number of quaternary nitrogens is 1. The number of ether oxygens (including phenoxy) is 3. The average Bonchev–Trinajstić information content (AvgIpc) is 3.59. The number of hydrogen-bond donors (Lipinski definition) is 0. The molecule has 4 aromatic rings. The quantitative estimate of drug-likeness (QED) is 0.279. The van der Waals surface area contributed by atoms with Crippen molar-refractivity contribution in [3.05, 3.63) is 125 Å². The molecule has 3 aliphatic heterocycles. The van der Waals surface area contributed by atoms with Gasteiger partial charge >= 0.3 is 12.1 Å². The Balaban J connectivity index is 1.47. The van der Waals surface area contributed by atoms with Gasteiger partial charge in [0.2, 0.25) is 6.79 Å². The van der Waals surface area contributed by atoms with Gasteiger partial charge in [0.25, 0.3) is 0 Å². The van der Waals surface area contributed by atoms with Crippen molar-refractivity contribution in [2.24, 2.45) is 0 Å². The summed E-state index contributed by atoms with van der Waals surface area (Å²) in [4.78, 5) is 15.1. The standard InChI is InChI=1S/C32H23F3NO4/c1-20-7-6-8-21(13-20)16-36(17-22-9-2-3-10-23(22)32(33,34)35)26-12-5-4-11-24(26)31(30(36)37)18-38-27-15-29-28(14-25(27)31)39-19-40-29/h1-15H,16-19H2/q+1. The van der Waals surface area contributed by atoms with E-state index in [2.05, 4.69) is 0 Å². The second-order valence-electron chi connectivity index (χ2n) is 10.4. The summed E-state index contributed by atoms with van der Waals surface area (Å²) in [6.07, 6.45) is -4.58. The summed E-state index contributed by atoms with van der Waals surface area (Å²) in [5.41, 5.74) is 1.19. The van der Waals surface area contributed by atoms with Crippen LogP contribution in [0.25, 0.3) is 0 Å². The molecule has 5 nitrogen and oxygen atoms in total. The zero-order valence-electron chi connectivity index (χ0n) is 21.2. The van der Waals surface area contributed by atoms with Crippen molar-refractivity contribution < 1.29 is 32.2 Å². The van der Waals surface area contributed by atoms with E-state index >= 15 is 4.79 Å². The van der Waals surface area contributed by atoms with Crippen LogP contribution in [0.3, 0.4) is 0 Å². The first-order valence-electron chi connectivity index (χ1n) is 12.8. The minimum Gasteiger partial charge on any atom is -0.491 e. The van der Waals surface area contributed by atoms with Gasteiger partial charge in [-0.15, -0.1) is 0 Å². The van der Waals surface area contributed by atoms with Crippen molar-refractivity contribution in [3.8, 4) is 17.2 Å². The number of carbonyl (C=O) groups excluding carboxylic acids is 1. The Labute approximate surface area is 228 Å². The van der Waals surface area contributed by atoms with Crippen LogP contribution in [0, 0.1) is 6.92 Å². The largest absolute Gasteiger partial charge is 0.491 e. The van der Waals surface area contributed by atoms with Gasteiger partial charge in [-0.25, -0.2) is 9.28 Å². The zero-order chi connectivity index (χ0) is 27.7. The van der Waals surface area contributed by atoms with Gasteiger partial charge < -0.3 is 14.2 Å². The van der Waals surface area contributed by atoms with E-state index in [4.69, 9.17) is 21.1 Å². The van der Waals surface area contributed by atoms with Crippen LogP contribution >= 0.6 is 0 Å². The van der Waals surface area contributed by atoms with E-state index in [1.807, 2.05) is 30.3 Å². The first kappa shape index (κ1) is 24.7. The summed E-state index contributed by atoms with van der Waals surface area (Å²) in [7, 11) is 0. The molecule has 0 saturated carbocycles. The van der Waals surface area contributed by atoms with Crippen LogP contribution in [0.5, 0.6) is 17.2 Å². The Morgan fingerprint density at radius 1 is 0.800 bits per heavy atom. The van der Waals surface area contributed by atoms with E-state index in [0.717, 1.165) is 11.6 Å². The summed E-state index contributed by atoms with van der Waals surface area (Å²) in [5.74, 6) is 1.24. The number of rotatable bonds is 4. The van der Waals surface area contributed by atoms with E-state index in [-0.39, 0.29) is 42.4 Å². The normalized spacial score (nSPS) is 22.4. The SMILES string of the molecule is [CH]c1cccc(C[N+]2(Cc3ccccc3C(F)(F)F)C(=O)C3(COc4cc5c(cc43)OCO5)c3ccccc32)c1. The Bertz CT molecular complexity index is 1680. The molecular weight excluding hydrogens is 519 g/mol. The molecule has 1 amide bonds. The second-order valence-corrected chi connectivity index (χ2v) is 10.4.